The van der Waals surface area contributed by atoms with Gasteiger partial charge in [-0.25, -0.2) is 17.2 Å². The van der Waals surface area contributed by atoms with Crippen LogP contribution in [0.15, 0.2) is 65.7 Å². The molecule has 0 atom stereocenters. The lowest BCUT2D eigenvalue weighted by Gasteiger charge is -2.37. The van der Waals surface area contributed by atoms with Crippen molar-refractivity contribution in [2.75, 3.05) is 31.1 Å². The van der Waals surface area contributed by atoms with Crippen LogP contribution in [-0.4, -0.2) is 55.2 Å². The predicted octanol–water partition coefficient (Wildman–Crippen LogP) is 3.94. The number of piperazine rings is 1. The molecule has 0 spiro atoms. The van der Waals surface area contributed by atoms with E-state index in [2.05, 4.69) is 4.90 Å². The van der Waals surface area contributed by atoms with Crippen molar-refractivity contribution in [2.24, 2.45) is 0 Å². The standard InChI is InChI=1S/C23H27N3O4S/c1-23(2,3)30-22(27)25-16-14-24(15-17-25)20-11-7-8-18-12-13-26(21(18)20)31(28,29)19-9-5-4-6-10-19/h4-13H,14-17H2,1-3H3. The van der Waals surface area contributed by atoms with Crippen molar-refractivity contribution in [1.82, 2.24) is 8.87 Å². The Hall–Kier alpha value is -3.00. The molecule has 1 aliphatic heterocycles. The molecule has 0 radical (unpaired) electrons. The minimum absolute atomic E-state index is 0.247. The summed E-state index contributed by atoms with van der Waals surface area (Å²) in [6.45, 7) is 7.76. The third-order valence-electron chi connectivity index (χ3n) is 5.23. The summed E-state index contributed by atoms with van der Waals surface area (Å²) in [7, 11) is -3.72. The first-order valence-corrected chi connectivity index (χ1v) is 11.7. The van der Waals surface area contributed by atoms with Crippen LogP contribution in [0, 0.1) is 0 Å². The molecule has 31 heavy (non-hydrogen) atoms. The van der Waals surface area contributed by atoms with E-state index in [1.54, 1.807) is 41.4 Å². The largest absolute Gasteiger partial charge is 0.444 e. The molecule has 164 valence electrons. The van der Waals surface area contributed by atoms with Crippen LogP contribution in [0.4, 0.5) is 10.5 Å². The molecule has 0 unspecified atom stereocenters. The lowest BCUT2D eigenvalue weighted by Crippen LogP contribution is -2.50. The second kappa shape index (κ2) is 7.92. The number of rotatable bonds is 3. The summed E-state index contributed by atoms with van der Waals surface area (Å²) in [6.07, 6.45) is 1.29. The first-order valence-electron chi connectivity index (χ1n) is 10.3. The molecule has 1 fully saturated rings. The van der Waals surface area contributed by atoms with Crippen molar-refractivity contribution in [3.8, 4) is 0 Å². The molecule has 1 aliphatic rings. The van der Waals surface area contributed by atoms with E-state index in [0.717, 1.165) is 11.1 Å². The molecular weight excluding hydrogens is 414 g/mol. The van der Waals surface area contributed by atoms with Crippen molar-refractivity contribution < 1.29 is 17.9 Å². The Labute approximate surface area is 182 Å². The van der Waals surface area contributed by atoms with Gasteiger partial charge in [0.1, 0.15) is 5.60 Å². The Balaban J connectivity index is 1.63. The zero-order valence-corrected chi connectivity index (χ0v) is 18.8. The molecule has 2 heterocycles. The maximum Gasteiger partial charge on any atom is 0.410 e. The minimum atomic E-state index is -3.72. The second-order valence-electron chi connectivity index (χ2n) is 8.60. The third-order valence-corrected chi connectivity index (χ3v) is 6.92. The number of fused-ring (bicyclic) bond motifs is 1. The first kappa shape index (κ1) is 21.2. The fourth-order valence-corrected chi connectivity index (χ4v) is 5.15. The van der Waals surface area contributed by atoms with Crippen molar-refractivity contribution in [2.45, 2.75) is 31.3 Å². The fraction of sp³-hybridized carbons (Fsp3) is 0.348. The molecular formula is C23H27N3O4S. The molecule has 1 aromatic heterocycles. The maximum absolute atomic E-state index is 13.3. The topological polar surface area (TPSA) is 71.8 Å². The van der Waals surface area contributed by atoms with Gasteiger partial charge in [-0.15, -0.1) is 0 Å². The highest BCUT2D eigenvalue weighted by Gasteiger charge is 2.28. The van der Waals surface area contributed by atoms with E-state index in [1.165, 1.54) is 3.97 Å². The molecule has 1 saturated heterocycles. The molecule has 7 nitrogen and oxygen atoms in total. The number of para-hydroxylation sites is 1. The number of amides is 1. The van der Waals surface area contributed by atoms with Crippen molar-refractivity contribution >= 4 is 32.7 Å². The quantitative estimate of drug-likeness (QED) is 0.616. The van der Waals surface area contributed by atoms with Gasteiger partial charge >= 0.3 is 6.09 Å². The number of hydrogen-bond donors (Lipinski definition) is 0. The summed E-state index contributed by atoms with van der Waals surface area (Å²) in [5.41, 5.74) is 0.954. The van der Waals surface area contributed by atoms with Crippen LogP contribution in [0.5, 0.6) is 0 Å². The molecule has 0 bridgehead atoms. The number of nitrogens with zero attached hydrogens (tertiary/aromatic N) is 3. The zero-order valence-electron chi connectivity index (χ0n) is 18.0. The second-order valence-corrected chi connectivity index (χ2v) is 10.4. The van der Waals surface area contributed by atoms with E-state index in [9.17, 15) is 13.2 Å². The average Bonchev–Trinajstić information content (AvgIpc) is 3.18. The van der Waals surface area contributed by atoms with Crippen LogP contribution in [0.2, 0.25) is 0 Å². The van der Waals surface area contributed by atoms with Gasteiger partial charge in [0.05, 0.1) is 16.1 Å². The Kier molecular flexibility index (Phi) is 5.43. The lowest BCUT2D eigenvalue weighted by atomic mass is 10.2. The van der Waals surface area contributed by atoms with E-state index in [1.807, 2.05) is 45.0 Å². The maximum atomic E-state index is 13.3. The summed E-state index contributed by atoms with van der Waals surface area (Å²) in [5, 5.41) is 0.853. The summed E-state index contributed by atoms with van der Waals surface area (Å²) < 4.78 is 33.4. The number of hydrogen-bond acceptors (Lipinski definition) is 5. The summed E-state index contributed by atoms with van der Waals surface area (Å²) in [5.74, 6) is 0. The van der Waals surface area contributed by atoms with Gasteiger partial charge in [-0.1, -0.05) is 30.3 Å². The number of carbonyl (C=O) groups excluding carboxylic acids is 1. The third kappa shape index (κ3) is 4.25. The molecule has 8 heteroatoms. The average molecular weight is 442 g/mol. The number of carbonyl (C=O) groups is 1. The number of aromatic nitrogens is 1. The summed E-state index contributed by atoms with van der Waals surface area (Å²) >= 11 is 0. The highest BCUT2D eigenvalue weighted by Crippen LogP contribution is 2.31. The summed E-state index contributed by atoms with van der Waals surface area (Å²) in [4.78, 5) is 16.4. The van der Waals surface area contributed by atoms with Gasteiger partial charge in [-0.3, -0.25) is 0 Å². The number of benzene rings is 2. The summed E-state index contributed by atoms with van der Waals surface area (Å²) in [6, 6.07) is 16.0. The van der Waals surface area contributed by atoms with Gasteiger partial charge in [-0.05, 0) is 45.0 Å². The number of anilines is 1. The van der Waals surface area contributed by atoms with Crippen LogP contribution in [0.25, 0.3) is 10.9 Å². The molecule has 4 rings (SSSR count). The Morgan fingerprint density at radius 3 is 2.23 bits per heavy atom. The Morgan fingerprint density at radius 1 is 0.903 bits per heavy atom. The SMILES string of the molecule is CC(C)(C)OC(=O)N1CCN(c2cccc3ccn(S(=O)(=O)c4ccccc4)c23)CC1. The van der Waals surface area contributed by atoms with E-state index in [0.29, 0.717) is 31.7 Å². The lowest BCUT2D eigenvalue weighted by molar-refractivity contribution is 0.0240. The number of ether oxygens (including phenoxy) is 1. The normalized spacial score (nSPS) is 15.3. The van der Waals surface area contributed by atoms with Crippen LogP contribution in [0.1, 0.15) is 20.8 Å². The van der Waals surface area contributed by atoms with E-state index >= 15 is 0 Å². The zero-order chi connectivity index (χ0) is 22.2. The Morgan fingerprint density at radius 2 is 1.58 bits per heavy atom. The monoisotopic (exact) mass is 441 g/mol. The molecule has 0 N–H and O–H groups in total. The van der Waals surface area contributed by atoms with Crippen molar-refractivity contribution in [3.05, 3.63) is 60.8 Å². The molecule has 1 amide bonds. The van der Waals surface area contributed by atoms with E-state index in [4.69, 9.17) is 4.74 Å². The highest BCUT2D eigenvalue weighted by molar-refractivity contribution is 7.90. The minimum Gasteiger partial charge on any atom is -0.444 e. The molecule has 2 aromatic carbocycles. The van der Waals surface area contributed by atoms with Gasteiger partial charge < -0.3 is 14.5 Å². The van der Waals surface area contributed by atoms with Crippen molar-refractivity contribution in [1.29, 1.82) is 0 Å². The van der Waals surface area contributed by atoms with Gasteiger partial charge in [-0.2, -0.15) is 0 Å². The van der Waals surface area contributed by atoms with Crippen LogP contribution >= 0.6 is 0 Å². The fourth-order valence-electron chi connectivity index (χ4n) is 3.76. The molecule has 0 saturated carbocycles. The van der Waals surface area contributed by atoms with Crippen LogP contribution < -0.4 is 4.90 Å². The van der Waals surface area contributed by atoms with Gasteiger partial charge in [0.25, 0.3) is 10.0 Å². The predicted molar refractivity (Wildman–Crippen MR) is 121 cm³/mol. The smallest absolute Gasteiger partial charge is 0.410 e. The van der Waals surface area contributed by atoms with Crippen LogP contribution in [0.3, 0.4) is 0 Å². The molecule has 0 aliphatic carbocycles. The molecule has 3 aromatic rings. The van der Waals surface area contributed by atoms with E-state index in [-0.39, 0.29) is 11.0 Å². The van der Waals surface area contributed by atoms with Crippen molar-refractivity contribution in [3.63, 3.8) is 0 Å². The highest BCUT2D eigenvalue weighted by atomic mass is 32.2. The van der Waals surface area contributed by atoms with Gasteiger partial charge in [0, 0.05) is 37.8 Å². The van der Waals surface area contributed by atoms with Crippen LogP contribution in [-0.2, 0) is 14.8 Å². The van der Waals surface area contributed by atoms with Gasteiger partial charge in [0.15, 0.2) is 0 Å². The van der Waals surface area contributed by atoms with E-state index < -0.39 is 15.6 Å². The van der Waals surface area contributed by atoms with Gasteiger partial charge in [0.2, 0.25) is 0 Å². The first-order chi connectivity index (χ1) is 14.7. The Bertz CT molecular complexity index is 1190.